The quantitative estimate of drug-likeness (QED) is 0.164. The third kappa shape index (κ3) is 6.52. The number of fused-ring (bicyclic) bond motifs is 6. The molecular weight excluding hydrogens is 753 g/mol. The van der Waals surface area contributed by atoms with Crippen molar-refractivity contribution in [3.63, 3.8) is 0 Å². The van der Waals surface area contributed by atoms with Gasteiger partial charge in [0, 0.05) is 46.1 Å². The van der Waals surface area contributed by atoms with E-state index in [0.29, 0.717) is 17.9 Å². The van der Waals surface area contributed by atoms with Gasteiger partial charge >= 0.3 is 0 Å². The van der Waals surface area contributed by atoms with Crippen LogP contribution in [0.4, 0.5) is 17.1 Å². The summed E-state index contributed by atoms with van der Waals surface area (Å²) in [5.41, 5.74) is 16.8. The van der Waals surface area contributed by atoms with Gasteiger partial charge in [0.2, 0.25) is 0 Å². The Hall–Kier alpha value is -6.78. The van der Waals surface area contributed by atoms with E-state index in [1.807, 2.05) is 0 Å². The zero-order valence-corrected chi connectivity index (χ0v) is 35.0. The Kier molecular flexibility index (Phi) is 9.31. The molecule has 12 rings (SSSR count). The Labute approximate surface area is 365 Å². The van der Waals surface area contributed by atoms with Gasteiger partial charge in [-0.15, -0.1) is 0 Å². The lowest BCUT2D eigenvalue weighted by Crippen LogP contribution is -2.33. The molecule has 0 bridgehead atoms. The van der Waals surface area contributed by atoms with Crippen molar-refractivity contribution in [2.45, 2.75) is 74.3 Å². The molecule has 2 aliphatic heterocycles. The molecule has 6 atom stereocenters. The highest BCUT2D eigenvalue weighted by Gasteiger charge is 2.41. The smallest absolute Gasteiger partial charge is 0.156 e. The molecule has 62 heavy (non-hydrogen) atoms. The number of allylic oxidation sites excluding steroid dienone is 14. The normalized spacial score (nSPS) is 25.4. The zero-order chi connectivity index (χ0) is 41.0. The van der Waals surface area contributed by atoms with Gasteiger partial charge in [-0.2, -0.15) is 0 Å². The summed E-state index contributed by atoms with van der Waals surface area (Å²) in [4.78, 5) is 15.7. The lowest BCUT2D eigenvalue weighted by molar-refractivity contribution is 0.574. The Morgan fingerprint density at radius 3 is 2.26 bits per heavy atom. The minimum Gasteiger partial charge on any atom is -0.337 e. The molecule has 4 heteroatoms. The summed E-state index contributed by atoms with van der Waals surface area (Å²) >= 11 is 0. The third-order valence-corrected chi connectivity index (χ3v) is 14.2. The van der Waals surface area contributed by atoms with Crippen molar-refractivity contribution in [3.8, 4) is 11.3 Å². The second-order valence-electron chi connectivity index (χ2n) is 17.8. The van der Waals surface area contributed by atoms with E-state index in [4.69, 9.17) is 9.97 Å². The number of nitrogens with zero attached hydrogens (tertiary/aromatic N) is 4. The van der Waals surface area contributed by atoms with E-state index in [2.05, 4.69) is 204 Å². The van der Waals surface area contributed by atoms with Crippen LogP contribution in [-0.4, -0.2) is 22.1 Å². The number of anilines is 3. The molecule has 302 valence electrons. The third-order valence-electron chi connectivity index (χ3n) is 14.2. The molecule has 0 saturated heterocycles. The summed E-state index contributed by atoms with van der Waals surface area (Å²) in [5, 5.41) is 0. The van der Waals surface area contributed by atoms with E-state index < -0.39 is 0 Å². The molecule has 1 aromatic heterocycles. The molecule has 3 heterocycles. The fourth-order valence-electron chi connectivity index (χ4n) is 11.2. The molecule has 0 saturated carbocycles. The summed E-state index contributed by atoms with van der Waals surface area (Å²) < 4.78 is 0. The molecular formula is C58H50N4. The van der Waals surface area contributed by atoms with Gasteiger partial charge in [-0.25, -0.2) is 9.97 Å². The number of benzene rings is 4. The largest absolute Gasteiger partial charge is 0.337 e. The Bertz CT molecular complexity index is 2850. The van der Waals surface area contributed by atoms with Crippen molar-refractivity contribution >= 4 is 22.6 Å². The van der Waals surface area contributed by atoms with Gasteiger partial charge < -0.3 is 9.80 Å². The molecule has 0 radical (unpaired) electrons. The van der Waals surface area contributed by atoms with Gasteiger partial charge in [0.05, 0.1) is 23.5 Å². The van der Waals surface area contributed by atoms with Gasteiger partial charge in [-0.05, 0) is 114 Å². The second-order valence-corrected chi connectivity index (χ2v) is 17.8. The van der Waals surface area contributed by atoms with Crippen molar-refractivity contribution in [2.24, 2.45) is 0 Å². The number of para-hydroxylation sites is 2. The van der Waals surface area contributed by atoms with Crippen LogP contribution in [0.3, 0.4) is 0 Å². The van der Waals surface area contributed by atoms with Crippen LogP contribution >= 0.6 is 0 Å². The van der Waals surface area contributed by atoms with Crippen molar-refractivity contribution in [2.75, 3.05) is 9.80 Å². The highest BCUT2D eigenvalue weighted by atomic mass is 15.2. The predicted octanol–water partition coefficient (Wildman–Crippen LogP) is 13.9. The van der Waals surface area contributed by atoms with Crippen molar-refractivity contribution in [3.05, 3.63) is 239 Å². The average Bonchev–Trinajstić information content (AvgIpc) is 3.87. The van der Waals surface area contributed by atoms with Crippen LogP contribution in [0.25, 0.3) is 16.8 Å². The van der Waals surface area contributed by atoms with Gasteiger partial charge in [-0.3, -0.25) is 0 Å². The standard InChI is InChI=1S/C58H50N4/c1-4-15-40(16-5-1)52-38-53(41-17-6-2-7-18-41)60-58(59-52)45-20-14-19-42(35-45)43-30-34-56-51(36-43)49-24-11-13-26-55(49)61(56)47-31-27-39(28-32-47)44-29-33-50-48-23-10-12-25-54(48)62(57(50)37-44)46-21-8-3-9-22-46/h1-13,15-17,19,21-26,29-31,33-39,41,48,51,54,56H,14,18,20,27-28,32H2. The first-order valence-electron chi connectivity index (χ1n) is 22.7. The molecule has 0 fully saturated rings. The zero-order valence-electron chi connectivity index (χ0n) is 35.0. The van der Waals surface area contributed by atoms with Crippen molar-refractivity contribution in [1.29, 1.82) is 0 Å². The number of hydrogen-bond acceptors (Lipinski definition) is 4. The van der Waals surface area contributed by atoms with Gasteiger partial charge in [0.15, 0.2) is 5.82 Å². The number of aromatic nitrogens is 2. The Morgan fingerprint density at radius 1 is 0.597 bits per heavy atom. The minimum atomic E-state index is 0.254. The maximum Gasteiger partial charge on any atom is 0.156 e. The maximum atomic E-state index is 5.25. The molecule has 4 nitrogen and oxygen atoms in total. The predicted molar refractivity (Wildman–Crippen MR) is 256 cm³/mol. The van der Waals surface area contributed by atoms with Gasteiger partial charge in [0.1, 0.15) is 0 Å². The summed E-state index contributed by atoms with van der Waals surface area (Å²) in [7, 11) is 0. The van der Waals surface area contributed by atoms with Crippen LogP contribution in [0.2, 0.25) is 0 Å². The molecule has 0 amide bonds. The fraction of sp³-hybridized carbons (Fsp3) is 0.207. The lowest BCUT2D eigenvalue weighted by atomic mass is 9.83. The summed E-state index contributed by atoms with van der Waals surface area (Å²) in [6, 6.07) is 40.8. The van der Waals surface area contributed by atoms with E-state index in [1.54, 1.807) is 0 Å². The van der Waals surface area contributed by atoms with E-state index in [-0.39, 0.29) is 17.9 Å². The average molecular weight is 803 g/mol. The van der Waals surface area contributed by atoms with Crippen LogP contribution in [0.1, 0.15) is 90.4 Å². The SMILES string of the molecule is C1=CCC(c2cc(-c3ccccc3)nc(C3=CC(C4=CC5c6ccccc6N(C6=CCC(c7ccc8c(c7)N(c7ccccc7)C7C=CC=CC87)CC6)C5C=C4)=CCC3)n2)C=C1. The first kappa shape index (κ1) is 37.0. The summed E-state index contributed by atoms with van der Waals surface area (Å²) in [5.74, 6) is 2.28. The lowest BCUT2D eigenvalue weighted by Gasteiger charge is -2.35. The van der Waals surface area contributed by atoms with Crippen molar-refractivity contribution < 1.29 is 0 Å². The number of hydrogen-bond donors (Lipinski definition) is 0. The van der Waals surface area contributed by atoms with Crippen LogP contribution in [-0.2, 0) is 0 Å². The van der Waals surface area contributed by atoms with Gasteiger partial charge in [-0.1, -0.05) is 158 Å². The van der Waals surface area contributed by atoms with E-state index in [1.165, 1.54) is 56.2 Å². The van der Waals surface area contributed by atoms with Gasteiger partial charge in [0.25, 0.3) is 0 Å². The van der Waals surface area contributed by atoms with E-state index >= 15 is 0 Å². The molecule has 7 aliphatic rings. The number of rotatable bonds is 7. The summed E-state index contributed by atoms with van der Waals surface area (Å²) in [6.45, 7) is 0. The topological polar surface area (TPSA) is 32.3 Å². The van der Waals surface area contributed by atoms with Crippen LogP contribution in [0, 0.1) is 0 Å². The minimum absolute atomic E-state index is 0.254. The first-order chi connectivity index (χ1) is 30.7. The Morgan fingerprint density at radius 2 is 1.40 bits per heavy atom. The van der Waals surface area contributed by atoms with E-state index in [0.717, 1.165) is 61.3 Å². The molecule has 4 aromatic carbocycles. The molecule has 0 N–H and O–H groups in total. The highest BCUT2D eigenvalue weighted by molar-refractivity contribution is 5.77. The van der Waals surface area contributed by atoms with Crippen molar-refractivity contribution in [1.82, 2.24) is 9.97 Å². The van der Waals surface area contributed by atoms with Crippen LogP contribution in [0.15, 0.2) is 211 Å². The highest BCUT2D eigenvalue weighted by Crippen LogP contribution is 2.52. The Balaban J connectivity index is 0.813. The fourth-order valence-corrected chi connectivity index (χ4v) is 11.2. The molecule has 0 spiro atoms. The monoisotopic (exact) mass is 802 g/mol. The van der Waals surface area contributed by atoms with Crippen LogP contribution < -0.4 is 9.80 Å². The molecule has 6 unspecified atom stereocenters. The maximum absolute atomic E-state index is 5.25. The summed E-state index contributed by atoms with van der Waals surface area (Å²) in [6.07, 6.45) is 38.8. The van der Waals surface area contributed by atoms with E-state index in [9.17, 15) is 0 Å². The van der Waals surface area contributed by atoms with Crippen LogP contribution in [0.5, 0.6) is 0 Å². The second kappa shape index (κ2) is 15.6. The first-order valence-corrected chi connectivity index (χ1v) is 22.7. The molecule has 5 aliphatic carbocycles. The molecule has 5 aromatic rings.